The van der Waals surface area contributed by atoms with Crippen molar-refractivity contribution in [1.82, 2.24) is 0 Å². The zero-order chi connectivity index (χ0) is 9.14. The zero-order valence-corrected chi connectivity index (χ0v) is 8.84. The summed E-state index contributed by atoms with van der Waals surface area (Å²) >= 11 is 12.0. The van der Waals surface area contributed by atoms with Crippen molar-refractivity contribution >= 4 is 23.2 Å². The lowest BCUT2D eigenvalue weighted by atomic mass is 10.1. The van der Waals surface area contributed by atoms with Crippen LogP contribution in [0.15, 0.2) is 12.1 Å². The fourth-order valence-electron chi connectivity index (χ4n) is 1.17. The summed E-state index contributed by atoms with van der Waals surface area (Å²) in [4.78, 5) is 0. The second kappa shape index (κ2) is 4.15. The van der Waals surface area contributed by atoms with Crippen LogP contribution in [0.4, 0.5) is 0 Å². The molecule has 0 aliphatic rings. The Morgan fingerprint density at radius 1 is 0.917 bits per heavy atom. The van der Waals surface area contributed by atoms with E-state index >= 15 is 0 Å². The number of halogens is 2. The highest BCUT2D eigenvalue weighted by atomic mass is 35.5. The van der Waals surface area contributed by atoms with E-state index in [1.165, 1.54) is 0 Å². The third kappa shape index (κ3) is 1.94. The van der Waals surface area contributed by atoms with Gasteiger partial charge in [-0.15, -0.1) is 0 Å². The highest BCUT2D eigenvalue weighted by Crippen LogP contribution is 2.25. The van der Waals surface area contributed by atoms with E-state index in [4.69, 9.17) is 23.2 Å². The molecular weight excluding hydrogens is 191 g/mol. The van der Waals surface area contributed by atoms with Gasteiger partial charge in [-0.2, -0.15) is 0 Å². The van der Waals surface area contributed by atoms with Gasteiger partial charge in [-0.25, -0.2) is 0 Å². The smallest absolute Gasteiger partial charge is 0.0441 e. The SMILES string of the molecule is CCc1cc(Cl)c(CC)cc1Cl. The number of hydrogen-bond acceptors (Lipinski definition) is 0. The second-order valence-electron chi connectivity index (χ2n) is 2.74. The van der Waals surface area contributed by atoms with E-state index < -0.39 is 0 Å². The number of rotatable bonds is 2. The van der Waals surface area contributed by atoms with Crippen molar-refractivity contribution in [3.05, 3.63) is 33.3 Å². The van der Waals surface area contributed by atoms with Crippen molar-refractivity contribution in [3.8, 4) is 0 Å². The first kappa shape index (κ1) is 9.88. The van der Waals surface area contributed by atoms with Crippen LogP contribution < -0.4 is 0 Å². The summed E-state index contributed by atoms with van der Waals surface area (Å²) in [6.07, 6.45) is 1.87. The van der Waals surface area contributed by atoms with E-state index in [1.54, 1.807) is 0 Å². The van der Waals surface area contributed by atoms with E-state index in [1.807, 2.05) is 12.1 Å². The van der Waals surface area contributed by atoms with Crippen LogP contribution in [0.2, 0.25) is 10.0 Å². The molecule has 0 heterocycles. The molecule has 0 saturated carbocycles. The molecule has 0 saturated heterocycles. The molecular formula is C10H12Cl2. The summed E-state index contributed by atoms with van der Waals surface area (Å²) in [6.45, 7) is 4.15. The summed E-state index contributed by atoms with van der Waals surface area (Å²) in [7, 11) is 0. The van der Waals surface area contributed by atoms with Gasteiger partial charge >= 0.3 is 0 Å². The van der Waals surface area contributed by atoms with Crippen molar-refractivity contribution in [2.24, 2.45) is 0 Å². The van der Waals surface area contributed by atoms with Gasteiger partial charge in [0, 0.05) is 10.0 Å². The lowest BCUT2D eigenvalue weighted by molar-refractivity contribution is 1.10. The van der Waals surface area contributed by atoms with E-state index in [2.05, 4.69) is 13.8 Å². The predicted octanol–water partition coefficient (Wildman–Crippen LogP) is 4.12. The Morgan fingerprint density at radius 3 is 1.50 bits per heavy atom. The van der Waals surface area contributed by atoms with Crippen molar-refractivity contribution in [2.45, 2.75) is 26.7 Å². The first-order valence-corrected chi connectivity index (χ1v) is 4.91. The van der Waals surface area contributed by atoms with Gasteiger partial charge in [-0.05, 0) is 36.1 Å². The predicted molar refractivity (Wildman–Crippen MR) is 55.2 cm³/mol. The molecule has 0 atom stereocenters. The fourth-order valence-corrected chi connectivity index (χ4v) is 1.81. The van der Waals surface area contributed by atoms with Gasteiger partial charge in [-0.1, -0.05) is 37.0 Å². The summed E-state index contributed by atoms with van der Waals surface area (Å²) < 4.78 is 0. The molecule has 0 aliphatic heterocycles. The molecule has 1 aromatic rings. The maximum absolute atomic E-state index is 6.02. The van der Waals surface area contributed by atoms with Crippen LogP contribution in [0.5, 0.6) is 0 Å². The third-order valence-electron chi connectivity index (χ3n) is 1.98. The first-order chi connectivity index (χ1) is 5.69. The van der Waals surface area contributed by atoms with Crippen LogP contribution >= 0.6 is 23.2 Å². The Labute approximate surface area is 83.5 Å². The van der Waals surface area contributed by atoms with Crippen LogP contribution in [0.3, 0.4) is 0 Å². The minimum Gasteiger partial charge on any atom is -0.0840 e. The molecule has 2 heteroatoms. The van der Waals surface area contributed by atoms with Gasteiger partial charge < -0.3 is 0 Å². The van der Waals surface area contributed by atoms with Gasteiger partial charge in [0.25, 0.3) is 0 Å². The molecule has 0 amide bonds. The van der Waals surface area contributed by atoms with Gasteiger partial charge in [-0.3, -0.25) is 0 Å². The van der Waals surface area contributed by atoms with Crippen LogP contribution in [0, 0.1) is 0 Å². The molecule has 0 bridgehead atoms. The summed E-state index contributed by atoms with van der Waals surface area (Å²) in [5, 5.41) is 1.66. The summed E-state index contributed by atoms with van der Waals surface area (Å²) in [5.74, 6) is 0. The second-order valence-corrected chi connectivity index (χ2v) is 3.56. The van der Waals surface area contributed by atoms with Crippen LogP contribution in [0.1, 0.15) is 25.0 Å². The quantitative estimate of drug-likeness (QED) is 0.678. The molecule has 0 fully saturated rings. The minimum absolute atomic E-state index is 0.832. The first-order valence-electron chi connectivity index (χ1n) is 4.15. The van der Waals surface area contributed by atoms with E-state index in [0.29, 0.717) is 0 Å². The minimum atomic E-state index is 0.832. The molecule has 0 unspecified atom stereocenters. The van der Waals surface area contributed by atoms with E-state index in [-0.39, 0.29) is 0 Å². The summed E-state index contributed by atoms with van der Waals surface area (Å²) in [6, 6.07) is 3.92. The molecule has 0 spiro atoms. The van der Waals surface area contributed by atoms with Crippen molar-refractivity contribution in [3.63, 3.8) is 0 Å². The molecule has 12 heavy (non-hydrogen) atoms. The van der Waals surface area contributed by atoms with Gasteiger partial charge in [0.1, 0.15) is 0 Å². The Morgan fingerprint density at radius 2 is 1.25 bits per heavy atom. The Bertz CT molecular complexity index is 250. The average Bonchev–Trinajstić information content (AvgIpc) is 2.08. The topological polar surface area (TPSA) is 0 Å². The maximum Gasteiger partial charge on any atom is 0.0441 e. The Kier molecular flexibility index (Phi) is 3.42. The largest absolute Gasteiger partial charge is 0.0840 e. The molecule has 0 nitrogen and oxygen atoms in total. The average molecular weight is 203 g/mol. The Hall–Kier alpha value is -0.200. The molecule has 0 radical (unpaired) electrons. The third-order valence-corrected chi connectivity index (χ3v) is 2.68. The fraction of sp³-hybridized carbons (Fsp3) is 0.400. The van der Waals surface area contributed by atoms with Gasteiger partial charge in [0.15, 0.2) is 0 Å². The molecule has 1 aromatic carbocycles. The molecule has 0 aliphatic carbocycles. The molecule has 0 aromatic heterocycles. The molecule has 0 N–H and O–H groups in total. The lowest BCUT2D eigenvalue weighted by Crippen LogP contribution is -1.88. The van der Waals surface area contributed by atoms with Crippen molar-refractivity contribution in [1.29, 1.82) is 0 Å². The van der Waals surface area contributed by atoms with Crippen molar-refractivity contribution < 1.29 is 0 Å². The lowest BCUT2D eigenvalue weighted by Gasteiger charge is -2.05. The molecule has 1 rings (SSSR count). The van der Waals surface area contributed by atoms with Gasteiger partial charge in [0.2, 0.25) is 0 Å². The normalized spacial score (nSPS) is 10.3. The number of hydrogen-bond donors (Lipinski definition) is 0. The van der Waals surface area contributed by atoms with Crippen LogP contribution in [0.25, 0.3) is 0 Å². The van der Waals surface area contributed by atoms with Crippen LogP contribution in [-0.2, 0) is 12.8 Å². The standard InChI is InChI=1S/C10H12Cl2/c1-3-7-5-10(12)8(4-2)6-9(7)11/h5-6H,3-4H2,1-2H3. The highest BCUT2D eigenvalue weighted by Gasteiger charge is 2.03. The van der Waals surface area contributed by atoms with E-state index in [0.717, 1.165) is 34.0 Å². The zero-order valence-electron chi connectivity index (χ0n) is 7.32. The van der Waals surface area contributed by atoms with Crippen LogP contribution in [-0.4, -0.2) is 0 Å². The maximum atomic E-state index is 6.02. The molecule has 66 valence electrons. The Balaban J connectivity index is 3.16. The monoisotopic (exact) mass is 202 g/mol. The number of benzene rings is 1. The number of aryl methyl sites for hydroxylation is 2. The van der Waals surface area contributed by atoms with Gasteiger partial charge in [0.05, 0.1) is 0 Å². The van der Waals surface area contributed by atoms with Crippen molar-refractivity contribution in [2.75, 3.05) is 0 Å². The van der Waals surface area contributed by atoms with E-state index in [9.17, 15) is 0 Å². The summed E-state index contributed by atoms with van der Waals surface area (Å²) in [5.41, 5.74) is 2.25. The highest BCUT2D eigenvalue weighted by molar-refractivity contribution is 6.34.